The quantitative estimate of drug-likeness (QED) is 0.234. The predicted molar refractivity (Wildman–Crippen MR) is 154 cm³/mol. The first-order chi connectivity index (χ1) is 18.5. The number of rotatable bonds is 8. The molecule has 1 aromatic heterocycles. The molecule has 0 radical (unpaired) electrons. The second kappa shape index (κ2) is 12.0. The van der Waals surface area contributed by atoms with Gasteiger partial charge in [-0.1, -0.05) is 66.4 Å². The number of carbonyl (C=O) groups excluding carboxylic acids is 2. The van der Waals surface area contributed by atoms with Crippen LogP contribution in [0.2, 0.25) is 0 Å². The maximum Gasteiger partial charge on any atom is 0.408 e. The van der Waals surface area contributed by atoms with Gasteiger partial charge in [0.2, 0.25) is 0 Å². The third-order valence-electron chi connectivity index (χ3n) is 5.73. The molecule has 1 aliphatic rings. The zero-order valence-corrected chi connectivity index (χ0v) is 23.5. The summed E-state index contributed by atoms with van der Waals surface area (Å²) in [5, 5.41) is 11.9. The number of carbonyl (C=O) groups is 3. The van der Waals surface area contributed by atoms with Crippen LogP contribution >= 0.6 is 24.4 Å². The molecule has 2 amide bonds. The van der Waals surface area contributed by atoms with Crippen molar-refractivity contribution in [1.82, 2.24) is 10.2 Å². The van der Waals surface area contributed by atoms with E-state index in [1.54, 1.807) is 49.9 Å². The summed E-state index contributed by atoms with van der Waals surface area (Å²) in [6.07, 6.45) is 1.03. The number of thiol groups is 1. The van der Waals surface area contributed by atoms with Crippen molar-refractivity contribution < 1.29 is 28.6 Å². The van der Waals surface area contributed by atoms with Gasteiger partial charge in [-0.15, -0.1) is 12.6 Å². The Morgan fingerprint density at radius 1 is 1.10 bits per heavy atom. The van der Waals surface area contributed by atoms with Gasteiger partial charge >= 0.3 is 12.1 Å². The Morgan fingerprint density at radius 3 is 2.44 bits per heavy atom. The number of carboxylic acids is 1. The Morgan fingerprint density at radius 2 is 1.79 bits per heavy atom. The summed E-state index contributed by atoms with van der Waals surface area (Å²) < 4.78 is 10.9. The lowest BCUT2D eigenvalue weighted by Gasteiger charge is -2.22. The van der Waals surface area contributed by atoms with E-state index < -0.39 is 23.7 Å². The molecule has 0 aliphatic carbocycles. The summed E-state index contributed by atoms with van der Waals surface area (Å²) in [5.41, 5.74) is 1.82. The molecule has 2 atom stereocenters. The largest absolute Gasteiger partial charge is 0.480 e. The lowest BCUT2D eigenvalue weighted by molar-refractivity contribution is -0.139. The third kappa shape index (κ3) is 7.70. The van der Waals surface area contributed by atoms with Crippen LogP contribution in [0.5, 0.6) is 0 Å². The van der Waals surface area contributed by atoms with Gasteiger partial charge in [0.05, 0.1) is 4.91 Å². The van der Waals surface area contributed by atoms with Gasteiger partial charge in [0.25, 0.3) is 5.91 Å². The van der Waals surface area contributed by atoms with Gasteiger partial charge in [-0.25, -0.2) is 9.59 Å². The van der Waals surface area contributed by atoms with Crippen molar-refractivity contribution in [3.8, 4) is 11.3 Å². The molecule has 1 aliphatic heterocycles. The molecule has 8 nitrogen and oxygen atoms in total. The minimum absolute atomic E-state index is 0.0913. The summed E-state index contributed by atoms with van der Waals surface area (Å²) in [6, 6.07) is 19.4. The van der Waals surface area contributed by atoms with Crippen molar-refractivity contribution in [1.29, 1.82) is 0 Å². The zero-order chi connectivity index (χ0) is 28.2. The molecular weight excluding hydrogens is 536 g/mol. The molecule has 1 saturated heterocycles. The molecule has 0 spiro atoms. The van der Waals surface area contributed by atoms with Crippen molar-refractivity contribution in [2.75, 3.05) is 0 Å². The zero-order valence-electron chi connectivity index (χ0n) is 21.8. The van der Waals surface area contributed by atoms with Crippen molar-refractivity contribution >= 4 is 48.4 Å². The minimum Gasteiger partial charge on any atom is -0.480 e. The van der Waals surface area contributed by atoms with E-state index >= 15 is 0 Å². The first-order valence-corrected chi connectivity index (χ1v) is 13.7. The highest BCUT2D eigenvalue weighted by molar-refractivity contribution is 8.14. The molecular formula is C29H30N2O6S2. The number of benzene rings is 2. The first kappa shape index (κ1) is 28.4. The van der Waals surface area contributed by atoms with Crippen molar-refractivity contribution in [2.45, 2.75) is 50.1 Å². The van der Waals surface area contributed by atoms with Crippen LogP contribution in [0.4, 0.5) is 4.79 Å². The average molecular weight is 567 g/mol. The lowest BCUT2D eigenvalue weighted by atomic mass is 10.0. The monoisotopic (exact) mass is 566 g/mol. The van der Waals surface area contributed by atoms with Crippen LogP contribution in [0, 0.1) is 0 Å². The minimum atomic E-state index is -1.15. The maximum atomic E-state index is 13.0. The molecule has 10 heteroatoms. The summed E-state index contributed by atoms with van der Waals surface area (Å²) in [6.45, 7) is 5.60. The SMILES string of the molecule is CC(C)(C)OC(=O)N[C@H](Cc1ccc(-c2ccc(/C=C3\S[C@@H](S)N(Cc4ccccc4)C3=O)o2)cc1)C(=O)O. The lowest BCUT2D eigenvalue weighted by Crippen LogP contribution is -2.44. The number of ether oxygens (including phenoxy) is 1. The number of thioether (sulfide) groups is 1. The van der Waals surface area contributed by atoms with Crippen LogP contribution in [-0.2, 0) is 27.3 Å². The van der Waals surface area contributed by atoms with Gasteiger partial charge in [-0.3, -0.25) is 4.79 Å². The average Bonchev–Trinajstić information content (AvgIpc) is 3.44. The molecule has 2 aromatic carbocycles. The fourth-order valence-electron chi connectivity index (χ4n) is 3.90. The number of furan rings is 1. The van der Waals surface area contributed by atoms with Crippen molar-refractivity contribution in [3.63, 3.8) is 0 Å². The van der Waals surface area contributed by atoms with E-state index in [1.807, 2.05) is 48.5 Å². The summed E-state index contributed by atoms with van der Waals surface area (Å²) >= 11 is 5.95. The number of carboxylic acid groups (broad SMARTS) is 1. The molecule has 2 heterocycles. The summed E-state index contributed by atoms with van der Waals surface area (Å²) in [7, 11) is 0. The predicted octanol–water partition coefficient (Wildman–Crippen LogP) is 5.80. The Hall–Kier alpha value is -3.63. The number of alkyl carbamates (subject to hydrolysis) is 1. The maximum absolute atomic E-state index is 13.0. The molecule has 4 rings (SSSR count). The van der Waals surface area contributed by atoms with Gasteiger partial charge in [0.1, 0.15) is 27.9 Å². The van der Waals surface area contributed by atoms with Crippen molar-refractivity contribution in [3.05, 3.63) is 88.5 Å². The standard InChI is InChI=1S/C29H30N2O6S2/c1-29(2,3)37-27(35)30-22(26(33)34)15-18-9-11-20(12-10-18)23-14-13-21(36-23)16-24-25(32)31(28(38)39-24)17-19-7-5-4-6-8-19/h4-14,16,22,28,38H,15,17H2,1-3H3,(H,30,35)(H,33,34)/b24-16-/t22-,28-/m1/s1. The normalized spacial score (nSPS) is 17.3. The van der Waals surface area contributed by atoms with E-state index in [-0.39, 0.29) is 17.0 Å². The second-order valence-corrected chi connectivity index (χ2v) is 12.0. The Bertz CT molecular complexity index is 1360. The van der Waals surface area contributed by atoms with Crippen LogP contribution in [0.25, 0.3) is 17.4 Å². The fourth-order valence-corrected chi connectivity index (χ4v) is 5.35. The summed E-state index contributed by atoms with van der Waals surface area (Å²) in [5.74, 6) is -0.105. The number of nitrogens with one attached hydrogen (secondary N) is 1. The van der Waals surface area contributed by atoms with Crippen LogP contribution in [0.1, 0.15) is 37.7 Å². The number of hydrogen-bond acceptors (Lipinski definition) is 7. The first-order valence-electron chi connectivity index (χ1n) is 12.3. The van der Waals surface area contributed by atoms with Gasteiger partial charge in [-0.05, 0) is 44.0 Å². The van der Waals surface area contributed by atoms with Gasteiger partial charge < -0.3 is 24.5 Å². The molecule has 2 N–H and O–H groups in total. The highest BCUT2D eigenvalue weighted by atomic mass is 32.2. The molecule has 0 unspecified atom stereocenters. The van der Waals surface area contributed by atoms with Gasteiger partial charge in [0, 0.05) is 24.6 Å². The van der Waals surface area contributed by atoms with Crippen LogP contribution in [0.15, 0.2) is 76.1 Å². The highest BCUT2D eigenvalue weighted by Gasteiger charge is 2.34. The molecule has 204 valence electrons. The Labute approximate surface area is 236 Å². The smallest absolute Gasteiger partial charge is 0.408 e. The van der Waals surface area contributed by atoms with E-state index in [4.69, 9.17) is 9.15 Å². The number of aliphatic carboxylic acids is 1. The Balaban J connectivity index is 1.40. The molecule has 3 aromatic rings. The molecule has 1 fully saturated rings. The number of hydrogen-bond donors (Lipinski definition) is 3. The van der Waals surface area contributed by atoms with E-state index in [2.05, 4.69) is 17.9 Å². The number of amides is 2. The van der Waals surface area contributed by atoms with Crippen LogP contribution in [-0.4, -0.2) is 44.3 Å². The molecule has 0 saturated carbocycles. The Kier molecular flexibility index (Phi) is 8.76. The van der Waals surface area contributed by atoms with Crippen molar-refractivity contribution in [2.24, 2.45) is 0 Å². The van der Waals surface area contributed by atoms with E-state index in [0.29, 0.717) is 23.0 Å². The third-order valence-corrected chi connectivity index (χ3v) is 7.34. The van der Waals surface area contributed by atoms with Gasteiger partial charge in [-0.2, -0.15) is 0 Å². The fraction of sp³-hybridized carbons (Fsp3) is 0.276. The van der Waals surface area contributed by atoms with E-state index in [0.717, 1.165) is 16.7 Å². The van der Waals surface area contributed by atoms with Gasteiger partial charge in [0.15, 0.2) is 0 Å². The topological polar surface area (TPSA) is 109 Å². The van der Waals surface area contributed by atoms with E-state index in [9.17, 15) is 19.5 Å². The number of nitrogens with zero attached hydrogens (tertiary/aromatic N) is 1. The molecule has 39 heavy (non-hydrogen) atoms. The summed E-state index contributed by atoms with van der Waals surface area (Å²) in [4.78, 5) is 38.9. The van der Waals surface area contributed by atoms with Crippen LogP contribution < -0.4 is 5.32 Å². The van der Waals surface area contributed by atoms with E-state index in [1.165, 1.54) is 11.8 Å². The highest BCUT2D eigenvalue weighted by Crippen LogP contribution is 2.39. The van der Waals surface area contributed by atoms with Crippen LogP contribution in [0.3, 0.4) is 0 Å². The molecule has 0 bridgehead atoms. The second-order valence-electron chi connectivity index (χ2n) is 10.0.